The van der Waals surface area contributed by atoms with Gasteiger partial charge >= 0.3 is 0 Å². The average molecular weight is 314 g/mol. The van der Waals surface area contributed by atoms with Crippen LogP contribution in [0.15, 0.2) is 23.1 Å². The molecule has 21 heavy (non-hydrogen) atoms. The average Bonchev–Trinajstić information content (AvgIpc) is 2.44. The van der Waals surface area contributed by atoms with Crippen LogP contribution < -0.4 is 5.32 Å². The fourth-order valence-electron chi connectivity index (χ4n) is 2.63. The number of piperidine rings is 1. The first-order valence-corrected chi connectivity index (χ1v) is 8.73. The van der Waals surface area contributed by atoms with E-state index < -0.39 is 10.0 Å². The van der Waals surface area contributed by atoms with Gasteiger partial charge in [-0.2, -0.15) is 4.31 Å². The number of rotatable bonds is 4. The smallest absolute Gasteiger partial charge is 0.243 e. The van der Waals surface area contributed by atoms with Gasteiger partial charge in [0.1, 0.15) is 5.82 Å². The first kappa shape index (κ1) is 16.4. The molecular weight excluding hydrogens is 291 g/mol. The van der Waals surface area contributed by atoms with Crippen molar-refractivity contribution in [2.24, 2.45) is 11.8 Å². The Kier molecular flexibility index (Phi) is 5.01. The van der Waals surface area contributed by atoms with E-state index in [0.717, 1.165) is 6.42 Å². The Bertz CT molecular complexity index is 604. The van der Waals surface area contributed by atoms with Crippen LogP contribution in [0.5, 0.6) is 0 Å². The van der Waals surface area contributed by atoms with Crippen LogP contribution in [0.25, 0.3) is 0 Å². The fourth-order valence-corrected chi connectivity index (χ4v) is 4.24. The molecule has 1 aliphatic rings. The molecule has 0 amide bonds. The molecule has 0 spiro atoms. The third-order valence-corrected chi connectivity index (χ3v) is 6.18. The Labute approximate surface area is 126 Å². The van der Waals surface area contributed by atoms with Gasteiger partial charge in [0.15, 0.2) is 0 Å². The summed E-state index contributed by atoms with van der Waals surface area (Å²) in [6, 6.07) is 4.02. The molecule has 2 rings (SSSR count). The van der Waals surface area contributed by atoms with Gasteiger partial charge in [-0.1, -0.05) is 13.8 Å². The zero-order valence-corrected chi connectivity index (χ0v) is 13.6. The number of nitrogens with one attached hydrogen (secondary N) is 1. The van der Waals surface area contributed by atoms with E-state index in [1.54, 1.807) is 7.05 Å². The van der Waals surface area contributed by atoms with E-state index in [1.807, 2.05) is 0 Å². The molecule has 1 aliphatic heterocycles. The third kappa shape index (κ3) is 3.44. The van der Waals surface area contributed by atoms with E-state index in [2.05, 4.69) is 19.2 Å². The summed E-state index contributed by atoms with van der Waals surface area (Å²) in [5.41, 5.74) is 0.372. The van der Waals surface area contributed by atoms with Gasteiger partial charge in [0.2, 0.25) is 10.0 Å². The zero-order chi connectivity index (χ0) is 15.6. The van der Waals surface area contributed by atoms with Crippen molar-refractivity contribution in [1.82, 2.24) is 9.62 Å². The van der Waals surface area contributed by atoms with Crippen molar-refractivity contribution in [3.05, 3.63) is 29.6 Å². The highest BCUT2D eigenvalue weighted by Gasteiger charge is 2.31. The quantitative estimate of drug-likeness (QED) is 0.927. The van der Waals surface area contributed by atoms with Gasteiger partial charge < -0.3 is 5.32 Å². The number of nitrogens with zero attached hydrogens (tertiary/aromatic N) is 1. The molecule has 118 valence electrons. The van der Waals surface area contributed by atoms with Crippen molar-refractivity contribution >= 4 is 10.0 Å². The highest BCUT2D eigenvalue weighted by atomic mass is 32.2. The summed E-state index contributed by atoms with van der Waals surface area (Å²) < 4.78 is 40.6. The Balaban J connectivity index is 2.29. The number of benzene rings is 1. The van der Waals surface area contributed by atoms with Gasteiger partial charge in [-0.05, 0) is 43.5 Å². The summed E-state index contributed by atoms with van der Waals surface area (Å²) in [6.45, 7) is 5.60. The Morgan fingerprint density at radius 3 is 2.67 bits per heavy atom. The monoisotopic (exact) mass is 314 g/mol. The lowest BCUT2D eigenvalue weighted by Gasteiger charge is -2.34. The standard InChI is InChI=1S/C15H23FN2O2S/c1-11-6-7-18(10-12(11)2)21(19,20)14-4-5-15(16)13(8-14)9-17-3/h4-5,8,11-12,17H,6-7,9-10H2,1-3H3. The third-order valence-electron chi connectivity index (χ3n) is 4.32. The van der Waals surface area contributed by atoms with Crippen molar-refractivity contribution in [1.29, 1.82) is 0 Å². The van der Waals surface area contributed by atoms with E-state index in [9.17, 15) is 12.8 Å². The lowest BCUT2D eigenvalue weighted by molar-refractivity contribution is 0.212. The normalized spacial score (nSPS) is 24.2. The van der Waals surface area contributed by atoms with Crippen LogP contribution in [0.3, 0.4) is 0 Å². The van der Waals surface area contributed by atoms with Crippen LogP contribution in [0, 0.1) is 17.7 Å². The Morgan fingerprint density at radius 1 is 1.33 bits per heavy atom. The molecule has 0 aliphatic carbocycles. The highest BCUT2D eigenvalue weighted by Crippen LogP contribution is 2.28. The summed E-state index contributed by atoms with van der Waals surface area (Å²) in [7, 11) is -1.83. The predicted molar refractivity (Wildman–Crippen MR) is 80.9 cm³/mol. The second kappa shape index (κ2) is 6.42. The molecule has 1 heterocycles. The molecule has 0 aromatic heterocycles. The molecule has 2 unspecified atom stereocenters. The van der Waals surface area contributed by atoms with Gasteiger partial charge in [-0.15, -0.1) is 0 Å². The number of halogens is 1. The number of hydrogen-bond donors (Lipinski definition) is 1. The molecule has 2 atom stereocenters. The summed E-state index contributed by atoms with van der Waals surface area (Å²) >= 11 is 0. The van der Waals surface area contributed by atoms with Crippen LogP contribution in [0.2, 0.25) is 0 Å². The molecule has 0 radical (unpaired) electrons. The Hall–Kier alpha value is -0.980. The van der Waals surface area contributed by atoms with Gasteiger partial charge in [-0.25, -0.2) is 12.8 Å². The van der Waals surface area contributed by atoms with Crippen molar-refractivity contribution in [2.75, 3.05) is 20.1 Å². The maximum atomic E-state index is 13.7. The second-order valence-electron chi connectivity index (χ2n) is 5.89. The van der Waals surface area contributed by atoms with Crippen LogP contribution in [-0.2, 0) is 16.6 Å². The fraction of sp³-hybridized carbons (Fsp3) is 0.600. The zero-order valence-electron chi connectivity index (χ0n) is 12.8. The van der Waals surface area contributed by atoms with Crippen LogP contribution in [0.1, 0.15) is 25.8 Å². The van der Waals surface area contributed by atoms with Gasteiger partial charge in [0.25, 0.3) is 0 Å². The first-order valence-electron chi connectivity index (χ1n) is 7.29. The van der Waals surface area contributed by atoms with E-state index in [1.165, 1.54) is 22.5 Å². The summed E-state index contributed by atoms with van der Waals surface area (Å²) in [5, 5.41) is 2.85. The first-order chi connectivity index (χ1) is 9.86. The molecule has 1 fully saturated rings. The van der Waals surface area contributed by atoms with Crippen LogP contribution >= 0.6 is 0 Å². The maximum Gasteiger partial charge on any atom is 0.243 e. The van der Waals surface area contributed by atoms with Crippen molar-refractivity contribution in [3.8, 4) is 0 Å². The minimum Gasteiger partial charge on any atom is -0.316 e. The molecule has 0 saturated carbocycles. The van der Waals surface area contributed by atoms with Crippen LogP contribution in [-0.4, -0.2) is 32.9 Å². The lowest BCUT2D eigenvalue weighted by Crippen LogP contribution is -2.42. The molecule has 6 heteroatoms. The van der Waals surface area contributed by atoms with Crippen LogP contribution in [0.4, 0.5) is 4.39 Å². The number of sulfonamides is 1. The molecular formula is C15H23FN2O2S. The molecule has 4 nitrogen and oxygen atoms in total. The lowest BCUT2D eigenvalue weighted by atomic mass is 9.90. The molecule has 1 aromatic carbocycles. The van der Waals surface area contributed by atoms with Crippen molar-refractivity contribution in [2.45, 2.75) is 31.7 Å². The van der Waals surface area contributed by atoms with E-state index in [4.69, 9.17) is 0 Å². The van der Waals surface area contributed by atoms with Gasteiger partial charge in [0, 0.05) is 25.2 Å². The minimum atomic E-state index is -3.54. The summed E-state index contributed by atoms with van der Waals surface area (Å²) in [5.74, 6) is 0.485. The van der Waals surface area contributed by atoms with E-state index in [-0.39, 0.29) is 10.7 Å². The largest absolute Gasteiger partial charge is 0.316 e. The molecule has 1 saturated heterocycles. The second-order valence-corrected chi connectivity index (χ2v) is 7.83. The van der Waals surface area contributed by atoms with Gasteiger partial charge in [-0.3, -0.25) is 0 Å². The van der Waals surface area contributed by atoms with Gasteiger partial charge in [0.05, 0.1) is 4.90 Å². The predicted octanol–water partition coefficient (Wildman–Crippen LogP) is 2.21. The SMILES string of the molecule is CNCc1cc(S(=O)(=O)N2CCC(C)C(C)C2)ccc1F. The molecule has 1 N–H and O–H groups in total. The van der Waals surface area contributed by atoms with E-state index >= 15 is 0 Å². The molecule has 0 bridgehead atoms. The number of hydrogen-bond acceptors (Lipinski definition) is 3. The van der Waals surface area contributed by atoms with Crippen molar-refractivity contribution in [3.63, 3.8) is 0 Å². The molecule has 1 aromatic rings. The summed E-state index contributed by atoms with van der Waals surface area (Å²) in [6.07, 6.45) is 0.866. The minimum absolute atomic E-state index is 0.177. The Morgan fingerprint density at radius 2 is 2.05 bits per heavy atom. The highest BCUT2D eigenvalue weighted by molar-refractivity contribution is 7.89. The summed E-state index contributed by atoms with van der Waals surface area (Å²) in [4.78, 5) is 0.177. The van der Waals surface area contributed by atoms with E-state index in [0.29, 0.717) is 37.0 Å². The topological polar surface area (TPSA) is 49.4 Å². The maximum absolute atomic E-state index is 13.7. The van der Waals surface area contributed by atoms with Crippen molar-refractivity contribution < 1.29 is 12.8 Å².